The van der Waals surface area contributed by atoms with Crippen LogP contribution in [-0.4, -0.2) is 17.8 Å². The van der Waals surface area contributed by atoms with Crippen molar-refractivity contribution < 1.29 is 9.59 Å². The summed E-state index contributed by atoms with van der Waals surface area (Å²) in [6, 6.07) is 3.16. The summed E-state index contributed by atoms with van der Waals surface area (Å²) >= 11 is 0. The number of halogens is 1. The van der Waals surface area contributed by atoms with Gasteiger partial charge in [0, 0.05) is 18.0 Å². The second kappa shape index (κ2) is 5.96. The minimum atomic E-state index is 0. The smallest absolute Gasteiger partial charge is 0.212 e. The van der Waals surface area contributed by atoms with E-state index >= 15 is 0 Å². The fourth-order valence-corrected chi connectivity index (χ4v) is 0.728. The summed E-state index contributed by atoms with van der Waals surface area (Å²) in [5, 5.41) is 4.79. The summed E-state index contributed by atoms with van der Waals surface area (Å²) in [6.45, 7) is 0. The van der Waals surface area contributed by atoms with Crippen LogP contribution in [0.2, 0.25) is 0 Å². The van der Waals surface area contributed by atoms with Gasteiger partial charge in [0.25, 0.3) is 0 Å². The fourth-order valence-electron chi connectivity index (χ4n) is 0.728. The molecule has 0 aliphatic heterocycles. The molecule has 0 unspecified atom stereocenters. The third-order valence-corrected chi connectivity index (χ3v) is 1.19. The van der Waals surface area contributed by atoms with Crippen LogP contribution < -0.4 is 10.6 Å². The first-order valence-electron chi connectivity index (χ1n) is 3.23. The van der Waals surface area contributed by atoms with Crippen LogP contribution in [0.5, 0.6) is 0 Å². The molecule has 0 spiro atoms. The van der Waals surface area contributed by atoms with Crippen LogP contribution in [0.25, 0.3) is 0 Å². The van der Waals surface area contributed by atoms with E-state index in [4.69, 9.17) is 0 Å². The third-order valence-electron chi connectivity index (χ3n) is 1.19. The number of aromatic nitrogens is 1. The molecule has 1 heterocycles. The zero-order chi connectivity index (χ0) is 8.81. The predicted molar refractivity (Wildman–Crippen MR) is 50.9 cm³/mol. The molecular formula is C7H8ClN3O2. The van der Waals surface area contributed by atoms with E-state index in [9.17, 15) is 9.59 Å². The highest BCUT2D eigenvalue weighted by Crippen LogP contribution is 2.09. The van der Waals surface area contributed by atoms with Gasteiger partial charge < -0.3 is 10.6 Å². The Bertz CT molecular complexity index is 268. The Morgan fingerprint density at radius 2 is 1.92 bits per heavy atom. The summed E-state index contributed by atoms with van der Waals surface area (Å²) in [5.41, 5.74) is 0.587. The number of amides is 2. The number of pyridine rings is 1. The molecule has 1 aromatic rings. The average molecular weight is 202 g/mol. The molecule has 0 saturated carbocycles. The molecule has 0 fully saturated rings. The zero-order valence-corrected chi connectivity index (χ0v) is 7.38. The summed E-state index contributed by atoms with van der Waals surface area (Å²) in [7, 11) is 0. The first-order valence-corrected chi connectivity index (χ1v) is 3.23. The molecule has 2 N–H and O–H groups in total. The van der Waals surface area contributed by atoms with E-state index in [1.54, 1.807) is 12.1 Å². The lowest BCUT2D eigenvalue weighted by molar-refractivity contribution is -0.106. The van der Waals surface area contributed by atoms with E-state index in [-0.39, 0.29) is 12.4 Å². The molecule has 0 aliphatic rings. The van der Waals surface area contributed by atoms with Gasteiger partial charge in [-0.1, -0.05) is 0 Å². The maximum Gasteiger partial charge on any atom is 0.212 e. The minimum Gasteiger partial charge on any atom is -0.329 e. The fraction of sp³-hybridized carbons (Fsp3) is 0. The van der Waals surface area contributed by atoms with E-state index in [1.165, 1.54) is 6.20 Å². The summed E-state index contributed by atoms with van der Waals surface area (Å²) in [6.07, 6.45) is 2.56. The van der Waals surface area contributed by atoms with Crippen LogP contribution in [0.15, 0.2) is 18.3 Å². The normalized spacial score (nSPS) is 8.00. The topological polar surface area (TPSA) is 71.1 Å². The quantitative estimate of drug-likeness (QED) is 0.703. The highest BCUT2D eigenvalue weighted by atomic mass is 35.5. The Hall–Kier alpha value is -1.62. The van der Waals surface area contributed by atoms with Crippen LogP contribution in [0.4, 0.5) is 11.5 Å². The molecule has 70 valence electrons. The summed E-state index contributed by atoms with van der Waals surface area (Å²) < 4.78 is 0. The number of anilines is 2. The van der Waals surface area contributed by atoms with Gasteiger partial charge in [0.05, 0.1) is 0 Å². The van der Waals surface area contributed by atoms with Crippen molar-refractivity contribution in [3.8, 4) is 0 Å². The van der Waals surface area contributed by atoms with Gasteiger partial charge in [-0.25, -0.2) is 4.98 Å². The lowest BCUT2D eigenvalue weighted by Crippen LogP contribution is -1.99. The van der Waals surface area contributed by atoms with Crippen LogP contribution in [0.3, 0.4) is 0 Å². The Balaban J connectivity index is 0.00000144. The van der Waals surface area contributed by atoms with Gasteiger partial charge in [0.2, 0.25) is 12.8 Å². The monoisotopic (exact) mass is 201 g/mol. The van der Waals surface area contributed by atoms with Gasteiger partial charge in [0.15, 0.2) is 0 Å². The summed E-state index contributed by atoms with van der Waals surface area (Å²) in [5.74, 6) is 0.400. The molecular weight excluding hydrogens is 194 g/mol. The van der Waals surface area contributed by atoms with Crippen molar-refractivity contribution in [2.75, 3.05) is 10.6 Å². The number of rotatable bonds is 4. The van der Waals surface area contributed by atoms with Gasteiger partial charge in [-0.3, -0.25) is 9.59 Å². The summed E-state index contributed by atoms with van der Waals surface area (Å²) in [4.78, 5) is 23.8. The second-order valence-corrected chi connectivity index (χ2v) is 1.95. The van der Waals surface area contributed by atoms with Crippen molar-refractivity contribution in [1.29, 1.82) is 0 Å². The molecule has 5 nitrogen and oxygen atoms in total. The van der Waals surface area contributed by atoms with Crippen molar-refractivity contribution >= 4 is 36.7 Å². The van der Waals surface area contributed by atoms with Gasteiger partial charge in [0.1, 0.15) is 5.82 Å². The number of nitrogens with one attached hydrogen (secondary N) is 2. The molecule has 0 aromatic carbocycles. The van der Waals surface area contributed by atoms with Crippen molar-refractivity contribution in [2.24, 2.45) is 0 Å². The number of nitrogens with zero attached hydrogens (tertiary/aromatic N) is 1. The lowest BCUT2D eigenvalue weighted by atomic mass is 10.4. The molecule has 0 radical (unpaired) electrons. The first-order chi connectivity index (χ1) is 5.86. The Morgan fingerprint density at radius 1 is 1.23 bits per heavy atom. The average Bonchev–Trinajstić information content (AvgIpc) is 2.06. The van der Waals surface area contributed by atoms with E-state index in [0.29, 0.717) is 24.3 Å². The molecule has 0 saturated heterocycles. The second-order valence-electron chi connectivity index (χ2n) is 1.95. The maximum absolute atomic E-state index is 10.0. The van der Waals surface area contributed by atoms with Gasteiger partial charge in [-0.2, -0.15) is 0 Å². The lowest BCUT2D eigenvalue weighted by Gasteiger charge is -2.00. The number of carbonyl (C=O) groups is 2. The standard InChI is InChI=1S/C7H7N3O2.ClH/c11-4-9-6-1-2-8-7(3-6)10-5-12;/h1-5H,(H2,8,9,10,11,12);1H. The Labute approximate surface area is 81.0 Å². The SMILES string of the molecule is Cl.O=CNc1ccnc(NC=O)c1. The minimum absolute atomic E-state index is 0. The van der Waals surface area contributed by atoms with Crippen LogP contribution in [-0.2, 0) is 9.59 Å². The maximum atomic E-state index is 10.0. The van der Waals surface area contributed by atoms with E-state index < -0.39 is 0 Å². The molecule has 13 heavy (non-hydrogen) atoms. The first kappa shape index (κ1) is 11.4. The van der Waals surface area contributed by atoms with Crippen LogP contribution >= 0.6 is 12.4 Å². The van der Waals surface area contributed by atoms with Gasteiger partial charge in [-0.05, 0) is 6.07 Å². The van der Waals surface area contributed by atoms with Crippen molar-refractivity contribution in [2.45, 2.75) is 0 Å². The zero-order valence-electron chi connectivity index (χ0n) is 6.56. The van der Waals surface area contributed by atoms with Gasteiger partial charge in [-0.15, -0.1) is 12.4 Å². The molecule has 1 rings (SSSR count). The molecule has 0 atom stereocenters. The third kappa shape index (κ3) is 3.53. The molecule has 1 aromatic heterocycles. The van der Waals surface area contributed by atoms with E-state index in [2.05, 4.69) is 15.6 Å². The van der Waals surface area contributed by atoms with Crippen molar-refractivity contribution in [3.05, 3.63) is 18.3 Å². The van der Waals surface area contributed by atoms with Gasteiger partial charge >= 0.3 is 0 Å². The van der Waals surface area contributed by atoms with Crippen molar-refractivity contribution in [1.82, 2.24) is 4.98 Å². The van der Waals surface area contributed by atoms with Crippen LogP contribution in [0.1, 0.15) is 0 Å². The van der Waals surface area contributed by atoms with Crippen molar-refractivity contribution in [3.63, 3.8) is 0 Å². The largest absolute Gasteiger partial charge is 0.329 e. The molecule has 0 bridgehead atoms. The highest BCUT2D eigenvalue weighted by molar-refractivity contribution is 5.85. The molecule has 0 aliphatic carbocycles. The van der Waals surface area contributed by atoms with E-state index in [1.807, 2.05) is 0 Å². The highest BCUT2D eigenvalue weighted by Gasteiger charge is 1.93. The molecule has 6 heteroatoms. The van der Waals surface area contributed by atoms with Crippen LogP contribution in [0, 0.1) is 0 Å². The Kier molecular flexibility index (Phi) is 5.22. The van der Waals surface area contributed by atoms with E-state index in [0.717, 1.165) is 0 Å². The number of carbonyl (C=O) groups excluding carboxylic acids is 2. The number of hydrogen-bond acceptors (Lipinski definition) is 3. The molecule has 2 amide bonds. The number of hydrogen-bond donors (Lipinski definition) is 2. The Morgan fingerprint density at radius 3 is 2.54 bits per heavy atom. The predicted octanol–water partition coefficient (Wildman–Crippen LogP) is 0.640.